The van der Waals surface area contributed by atoms with Gasteiger partial charge < -0.3 is 10.1 Å². The second kappa shape index (κ2) is 12.2. The van der Waals surface area contributed by atoms with Crippen LogP contribution in [0.1, 0.15) is 29.7 Å². The molecule has 0 bridgehead atoms. The summed E-state index contributed by atoms with van der Waals surface area (Å²) in [5, 5.41) is 3.48. The van der Waals surface area contributed by atoms with Crippen LogP contribution in [0.3, 0.4) is 0 Å². The van der Waals surface area contributed by atoms with Crippen LogP contribution >= 0.6 is 11.6 Å². The van der Waals surface area contributed by atoms with Crippen LogP contribution < -0.4 is 14.4 Å². The van der Waals surface area contributed by atoms with Crippen molar-refractivity contribution in [2.45, 2.75) is 24.8 Å². The van der Waals surface area contributed by atoms with Gasteiger partial charge in [0.2, 0.25) is 5.91 Å². The Hall–Kier alpha value is -3.81. The lowest BCUT2D eigenvalue weighted by molar-refractivity contribution is -0.120. The molecule has 0 saturated carbocycles. The number of nitrogens with one attached hydrogen (secondary N) is 1. The summed E-state index contributed by atoms with van der Waals surface area (Å²) in [5.74, 6) is 0.154. The molecular weight excluding hydrogens is 520 g/mol. The highest BCUT2D eigenvalue weighted by Gasteiger charge is 2.29. The number of carbonyl (C=O) groups is 1. The van der Waals surface area contributed by atoms with Crippen LogP contribution in [0.15, 0.2) is 108 Å². The predicted octanol–water partition coefficient (Wildman–Crippen LogP) is 6.15. The second-order valence-corrected chi connectivity index (χ2v) is 11.0. The molecule has 0 heterocycles. The van der Waals surface area contributed by atoms with Gasteiger partial charge in [0.1, 0.15) is 12.3 Å². The van der Waals surface area contributed by atoms with E-state index in [0.29, 0.717) is 23.1 Å². The van der Waals surface area contributed by atoms with Crippen molar-refractivity contribution in [2.24, 2.45) is 0 Å². The Bertz CT molecular complexity index is 1480. The first kappa shape index (κ1) is 27.2. The van der Waals surface area contributed by atoms with Crippen LogP contribution in [0.5, 0.6) is 5.75 Å². The zero-order valence-corrected chi connectivity index (χ0v) is 22.7. The summed E-state index contributed by atoms with van der Waals surface area (Å²) in [4.78, 5) is 13.6. The fourth-order valence-electron chi connectivity index (χ4n) is 4.16. The van der Waals surface area contributed by atoms with Crippen molar-refractivity contribution in [3.05, 3.63) is 125 Å². The molecule has 0 aliphatic rings. The Kier molecular flexibility index (Phi) is 8.71. The van der Waals surface area contributed by atoms with Crippen LogP contribution in [0.4, 0.5) is 5.69 Å². The van der Waals surface area contributed by atoms with Crippen molar-refractivity contribution in [1.29, 1.82) is 0 Å². The molecule has 0 aromatic heterocycles. The molecule has 0 radical (unpaired) electrons. The van der Waals surface area contributed by atoms with Crippen molar-refractivity contribution >= 4 is 33.2 Å². The Labute approximate surface area is 228 Å². The lowest BCUT2D eigenvalue weighted by atomic mass is 9.95. The maximum absolute atomic E-state index is 13.7. The lowest BCUT2D eigenvalue weighted by Crippen LogP contribution is -2.42. The van der Waals surface area contributed by atoms with Gasteiger partial charge >= 0.3 is 0 Å². The van der Waals surface area contributed by atoms with Crippen LogP contribution in [-0.2, 0) is 14.8 Å². The normalized spacial score (nSPS) is 12.0. The third kappa shape index (κ3) is 6.36. The van der Waals surface area contributed by atoms with Gasteiger partial charge in [-0.05, 0) is 79.1 Å². The summed E-state index contributed by atoms with van der Waals surface area (Å²) < 4.78 is 34.1. The largest absolute Gasteiger partial charge is 0.494 e. The van der Waals surface area contributed by atoms with Gasteiger partial charge in [-0.2, -0.15) is 0 Å². The van der Waals surface area contributed by atoms with E-state index in [1.54, 1.807) is 24.3 Å². The number of nitrogens with zero attached hydrogens (tertiary/aromatic N) is 1. The minimum absolute atomic E-state index is 0.0297. The summed E-state index contributed by atoms with van der Waals surface area (Å²) in [7, 11) is -4.09. The predicted molar refractivity (Wildman–Crippen MR) is 151 cm³/mol. The highest BCUT2D eigenvalue weighted by molar-refractivity contribution is 7.92. The summed E-state index contributed by atoms with van der Waals surface area (Å²) >= 11 is 5.99. The van der Waals surface area contributed by atoms with Gasteiger partial charge in [0.15, 0.2) is 0 Å². The number of anilines is 1. The Morgan fingerprint density at radius 2 is 1.53 bits per heavy atom. The molecule has 0 saturated heterocycles. The third-order valence-electron chi connectivity index (χ3n) is 6.06. The second-order valence-electron chi connectivity index (χ2n) is 8.66. The molecule has 0 aliphatic carbocycles. The molecule has 196 valence electrons. The monoisotopic (exact) mass is 548 g/mol. The number of amides is 1. The van der Waals surface area contributed by atoms with Gasteiger partial charge in [-0.3, -0.25) is 9.10 Å². The SMILES string of the molecule is CCOc1ccc(N(CC(=O)NC(c2ccccc2)c2ccccc2C)S(=O)(=O)c2ccc(Cl)cc2)cc1. The van der Waals surface area contributed by atoms with E-state index < -0.39 is 28.5 Å². The number of hydrogen-bond donors (Lipinski definition) is 1. The smallest absolute Gasteiger partial charge is 0.264 e. The minimum Gasteiger partial charge on any atom is -0.494 e. The highest BCUT2D eigenvalue weighted by atomic mass is 35.5. The molecule has 0 fully saturated rings. The lowest BCUT2D eigenvalue weighted by Gasteiger charge is -2.27. The van der Waals surface area contributed by atoms with Gasteiger partial charge in [-0.1, -0.05) is 66.2 Å². The maximum atomic E-state index is 13.7. The Morgan fingerprint density at radius 3 is 2.16 bits per heavy atom. The summed E-state index contributed by atoms with van der Waals surface area (Å²) in [6.07, 6.45) is 0. The van der Waals surface area contributed by atoms with Crippen molar-refractivity contribution < 1.29 is 17.9 Å². The first-order valence-electron chi connectivity index (χ1n) is 12.2. The number of rotatable bonds is 10. The molecule has 1 N–H and O–H groups in total. The van der Waals surface area contributed by atoms with E-state index in [9.17, 15) is 13.2 Å². The number of sulfonamides is 1. The molecule has 4 aromatic carbocycles. The molecule has 1 amide bonds. The summed E-state index contributed by atoms with van der Waals surface area (Å²) in [5.41, 5.74) is 3.17. The number of aryl methyl sites for hydroxylation is 1. The first-order valence-corrected chi connectivity index (χ1v) is 14.0. The molecule has 38 heavy (non-hydrogen) atoms. The van der Waals surface area contributed by atoms with Gasteiger partial charge in [0.25, 0.3) is 10.0 Å². The Balaban J connectivity index is 1.69. The van der Waals surface area contributed by atoms with E-state index in [-0.39, 0.29) is 4.90 Å². The number of hydrogen-bond acceptors (Lipinski definition) is 4. The maximum Gasteiger partial charge on any atom is 0.264 e. The van der Waals surface area contributed by atoms with Crippen molar-refractivity contribution in [3.8, 4) is 5.75 Å². The van der Waals surface area contributed by atoms with Crippen molar-refractivity contribution in [2.75, 3.05) is 17.5 Å². The standard InChI is InChI=1S/C30H29ClN2O4S/c1-3-37-26-17-15-25(16-18-26)33(38(35,36)27-19-13-24(31)14-20-27)21-29(34)32-30(23-10-5-4-6-11-23)28-12-8-7-9-22(28)2/h4-20,30H,3,21H2,1-2H3,(H,32,34). The van der Waals surface area contributed by atoms with E-state index in [1.807, 2.05) is 68.4 Å². The van der Waals surface area contributed by atoms with E-state index in [2.05, 4.69) is 5.32 Å². The number of halogens is 1. The third-order valence-corrected chi connectivity index (χ3v) is 8.10. The molecule has 1 atom stereocenters. The van der Waals surface area contributed by atoms with Gasteiger partial charge in [0.05, 0.1) is 23.2 Å². The zero-order chi connectivity index (χ0) is 27.1. The number of carbonyl (C=O) groups excluding carboxylic acids is 1. The van der Waals surface area contributed by atoms with Crippen LogP contribution in [0.2, 0.25) is 5.02 Å². The zero-order valence-electron chi connectivity index (χ0n) is 21.2. The van der Waals surface area contributed by atoms with E-state index in [0.717, 1.165) is 21.0 Å². The molecule has 6 nitrogen and oxygen atoms in total. The fourth-order valence-corrected chi connectivity index (χ4v) is 5.70. The number of benzene rings is 4. The number of ether oxygens (including phenoxy) is 1. The van der Waals surface area contributed by atoms with Crippen molar-refractivity contribution in [3.63, 3.8) is 0 Å². The van der Waals surface area contributed by atoms with E-state index in [4.69, 9.17) is 16.3 Å². The van der Waals surface area contributed by atoms with Crippen LogP contribution in [-0.4, -0.2) is 27.5 Å². The topological polar surface area (TPSA) is 75.7 Å². The molecule has 0 spiro atoms. The summed E-state index contributed by atoms with van der Waals surface area (Å²) in [6, 6.07) is 29.4. The first-order chi connectivity index (χ1) is 18.3. The molecular formula is C30H29ClN2O4S. The van der Waals surface area contributed by atoms with Crippen molar-refractivity contribution in [1.82, 2.24) is 5.32 Å². The molecule has 8 heteroatoms. The van der Waals surface area contributed by atoms with Gasteiger partial charge in [0, 0.05) is 5.02 Å². The minimum atomic E-state index is -4.09. The highest BCUT2D eigenvalue weighted by Crippen LogP contribution is 2.28. The van der Waals surface area contributed by atoms with Crippen LogP contribution in [0.25, 0.3) is 0 Å². The van der Waals surface area contributed by atoms with Gasteiger partial charge in [-0.25, -0.2) is 8.42 Å². The van der Waals surface area contributed by atoms with Crippen LogP contribution in [0, 0.1) is 6.92 Å². The molecule has 4 rings (SSSR count). The molecule has 1 unspecified atom stereocenters. The molecule has 4 aromatic rings. The van der Waals surface area contributed by atoms with E-state index >= 15 is 0 Å². The fraction of sp³-hybridized carbons (Fsp3) is 0.167. The molecule has 0 aliphatic heterocycles. The van der Waals surface area contributed by atoms with E-state index in [1.165, 1.54) is 24.3 Å². The summed E-state index contributed by atoms with van der Waals surface area (Å²) in [6.45, 7) is 3.91. The van der Waals surface area contributed by atoms with Gasteiger partial charge in [-0.15, -0.1) is 0 Å². The Morgan fingerprint density at radius 1 is 0.895 bits per heavy atom. The average Bonchev–Trinajstić information content (AvgIpc) is 2.92. The average molecular weight is 549 g/mol. The quantitative estimate of drug-likeness (QED) is 0.258.